The Morgan fingerprint density at radius 1 is 0.861 bits per heavy atom. The van der Waals surface area contributed by atoms with Crippen molar-refractivity contribution in [2.75, 3.05) is 50.1 Å². The number of tetrazole rings is 1. The van der Waals surface area contributed by atoms with Crippen molar-refractivity contribution < 1.29 is 4.39 Å². The number of aromatic nitrogens is 4. The lowest BCUT2D eigenvalue weighted by atomic mass is 10.0. The number of hydrogen-bond acceptors (Lipinski definition) is 6. The predicted molar refractivity (Wildman–Crippen MR) is 141 cm³/mol. The van der Waals surface area contributed by atoms with Gasteiger partial charge in [-0.3, -0.25) is 4.90 Å². The largest absolute Gasteiger partial charge is 0.378 e. The number of hydrogen-bond donors (Lipinski definition) is 0. The normalized spacial score (nSPS) is 15.1. The Labute approximate surface area is 211 Å². The number of para-hydroxylation sites is 1. The maximum Gasteiger partial charge on any atom is 0.173 e. The smallest absolute Gasteiger partial charge is 0.173 e. The van der Waals surface area contributed by atoms with Crippen LogP contribution in [0.15, 0.2) is 78.9 Å². The number of benzene rings is 3. The summed E-state index contributed by atoms with van der Waals surface area (Å²) in [5.41, 5.74) is 4.21. The molecule has 0 amide bonds. The summed E-state index contributed by atoms with van der Waals surface area (Å²) in [6.07, 6.45) is 0.853. The van der Waals surface area contributed by atoms with E-state index >= 15 is 0 Å². The SMILES string of the molecule is CN(C)c1ccc([C@@H](c2nnnn2CCc2ccccc2)N2CCN(c3ccccc3F)CC2)cc1. The highest BCUT2D eigenvalue weighted by molar-refractivity contribution is 5.49. The summed E-state index contributed by atoms with van der Waals surface area (Å²) in [6, 6.07) is 25.9. The second-order valence-electron chi connectivity index (χ2n) is 9.36. The first-order valence-corrected chi connectivity index (χ1v) is 12.4. The number of aryl methyl sites for hydroxylation is 2. The van der Waals surface area contributed by atoms with Gasteiger partial charge in [-0.25, -0.2) is 9.07 Å². The van der Waals surface area contributed by atoms with Gasteiger partial charge in [0.2, 0.25) is 0 Å². The third-order valence-corrected chi connectivity index (χ3v) is 6.86. The Hall–Kier alpha value is -3.78. The Bertz CT molecular complexity index is 1250. The molecular formula is C28H32FN7. The molecule has 7 nitrogen and oxygen atoms in total. The van der Waals surface area contributed by atoms with Crippen LogP contribution in [0.25, 0.3) is 0 Å². The van der Waals surface area contributed by atoms with E-state index in [2.05, 4.69) is 78.8 Å². The lowest BCUT2D eigenvalue weighted by molar-refractivity contribution is 0.200. The first-order valence-electron chi connectivity index (χ1n) is 12.4. The van der Waals surface area contributed by atoms with Crippen LogP contribution < -0.4 is 9.80 Å². The molecule has 1 aliphatic rings. The topological polar surface area (TPSA) is 53.3 Å². The minimum atomic E-state index is -0.174. The van der Waals surface area contributed by atoms with Crippen LogP contribution in [0.1, 0.15) is 23.0 Å². The minimum absolute atomic E-state index is 0.0882. The summed E-state index contributed by atoms with van der Waals surface area (Å²) in [6.45, 7) is 3.73. The van der Waals surface area contributed by atoms with Gasteiger partial charge in [-0.1, -0.05) is 54.6 Å². The minimum Gasteiger partial charge on any atom is -0.378 e. The number of halogens is 1. The molecular weight excluding hydrogens is 453 g/mol. The molecule has 0 bridgehead atoms. The van der Waals surface area contributed by atoms with Crippen molar-refractivity contribution in [2.45, 2.75) is 19.0 Å². The second kappa shape index (κ2) is 10.9. The summed E-state index contributed by atoms with van der Waals surface area (Å²) in [7, 11) is 4.08. The Kier molecular flexibility index (Phi) is 7.23. The van der Waals surface area contributed by atoms with Gasteiger partial charge in [0.05, 0.1) is 11.7 Å². The molecule has 1 atom stereocenters. The van der Waals surface area contributed by atoms with Crippen molar-refractivity contribution >= 4 is 11.4 Å². The Morgan fingerprint density at radius 2 is 1.56 bits per heavy atom. The molecule has 2 heterocycles. The van der Waals surface area contributed by atoms with E-state index in [-0.39, 0.29) is 11.9 Å². The number of piperazine rings is 1. The van der Waals surface area contributed by atoms with Crippen molar-refractivity contribution in [2.24, 2.45) is 0 Å². The average Bonchev–Trinajstić information content (AvgIpc) is 3.37. The van der Waals surface area contributed by atoms with Crippen molar-refractivity contribution in [1.29, 1.82) is 0 Å². The molecule has 36 heavy (non-hydrogen) atoms. The summed E-state index contributed by atoms with van der Waals surface area (Å²) in [4.78, 5) is 6.62. The average molecular weight is 486 g/mol. The monoisotopic (exact) mass is 485 g/mol. The van der Waals surface area contributed by atoms with Gasteiger partial charge < -0.3 is 9.80 Å². The van der Waals surface area contributed by atoms with Gasteiger partial charge in [-0.2, -0.15) is 0 Å². The molecule has 4 aromatic rings. The van der Waals surface area contributed by atoms with Crippen LogP contribution in [-0.4, -0.2) is 65.4 Å². The first kappa shape index (κ1) is 23.9. The maximum absolute atomic E-state index is 14.4. The number of anilines is 2. The molecule has 1 fully saturated rings. The quantitative estimate of drug-likeness (QED) is 0.376. The third kappa shape index (κ3) is 5.23. The lowest BCUT2D eigenvalue weighted by Crippen LogP contribution is -2.48. The molecule has 0 spiro atoms. The molecule has 3 aromatic carbocycles. The van der Waals surface area contributed by atoms with Gasteiger partial charge in [0, 0.05) is 52.5 Å². The van der Waals surface area contributed by atoms with Gasteiger partial charge >= 0.3 is 0 Å². The van der Waals surface area contributed by atoms with E-state index in [1.54, 1.807) is 6.07 Å². The van der Waals surface area contributed by atoms with Crippen LogP contribution >= 0.6 is 0 Å². The zero-order valence-electron chi connectivity index (χ0n) is 20.8. The summed E-state index contributed by atoms with van der Waals surface area (Å²) in [5, 5.41) is 12.9. The van der Waals surface area contributed by atoms with Crippen molar-refractivity contribution in [1.82, 2.24) is 25.1 Å². The highest BCUT2D eigenvalue weighted by Crippen LogP contribution is 2.31. The highest BCUT2D eigenvalue weighted by Gasteiger charge is 2.31. The Morgan fingerprint density at radius 3 is 2.25 bits per heavy atom. The Balaban J connectivity index is 1.40. The fourth-order valence-corrected chi connectivity index (χ4v) is 4.85. The molecule has 1 aliphatic heterocycles. The van der Waals surface area contributed by atoms with E-state index in [0.29, 0.717) is 12.2 Å². The zero-order valence-corrected chi connectivity index (χ0v) is 20.8. The zero-order chi connectivity index (χ0) is 24.9. The number of nitrogens with zero attached hydrogens (tertiary/aromatic N) is 7. The van der Waals surface area contributed by atoms with Gasteiger partial charge in [0.25, 0.3) is 0 Å². The van der Waals surface area contributed by atoms with Crippen LogP contribution in [0, 0.1) is 5.82 Å². The highest BCUT2D eigenvalue weighted by atomic mass is 19.1. The summed E-state index contributed by atoms with van der Waals surface area (Å²) < 4.78 is 16.3. The predicted octanol–water partition coefficient (Wildman–Crippen LogP) is 4.03. The van der Waals surface area contributed by atoms with Crippen molar-refractivity contribution in [3.8, 4) is 0 Å². The molecule has 0 aliphatic carbocycles. The summed E-state index contributed by atoms with van der Waals surface area (Å²) >= 11 is 0. The van der Waals surface area contributed by atoms with E-state index < -0.39 is 0 Å². The number of rotatable bonds is 8. The third-order valence-electron chi connectivity index (χ3n) is 6.86. The van der Waals surface area contributed by atoms with E-state index in [9.17, 15) is 4.39 Å². The summed E-state index contributed by atoms with van der Waals surface area (Å²) in [5.74, 6) is 0.662. The van der Waals surface area contributed by atoms with E-state index in [4.69, 9.17) is 0 Å². The molecule has 0 radical (unpaired) electrons. The van der Waals surface area contributed by atoms with Crippen molar-refractivity contribution in [3.63, 3.8) is 0 Å². The van der Waals surface area contributed by atoms with E-state index in [1.165, 1.54) is 11.6 Å². The van der Waals surface area contributed by atoms with Gasteiger partial charge in [-0.05, 0) is 52.2 Å². The molecule has 1 saturated heterocycles. The van der Waals surface area contributed by atoms with Crippen LogP contribution in [-0.2, 0) is 13.0 Å². The molecule has 0 unspecified atom stereocenters. The molecule has 0 saturated carbocycles. The fraction of sp³-hybridized carbons (Fsp3) is 0.321. The molecule has 1 aromatic heterocycles. The van der Waals surface area contributed by atoms with Gasteiger partial charge in [0.1, 0.15) is 5.82 Å². The molecule has 186 valence electrons. The first-order chi connectivity index (χ1) is 17.6. The van der Waals surface area contributed by atoms with Crippen molar-refractivity contribution in [3.05, 3.63) is 102 Å². The standard InChI is InChI=1S/C28H32FN7/c1-33(2)24-14-12-23(13-15-24)27(28-30-31-32-36(28)17-16-22-8-4-3-5-9-22)35-20-18-34(19-21-35)26-11-7-6-10-25(26)29/h3-15,27H,16-21H2,1-2H3/t27-/m0/s1. The van der Waals surface area contributed by atoms with Crippen LogP contribution in [0.5, 0.6) is 0 Å². The van der Waals surface area contributed by atoms with E-state index in [1.807, 2.05) is 37.0 Å². The maximum atomic E-state index is 14.4. The van der Waals surface area contributed by atoms with Crippen LogP contribution in [0.2, 0.25) is 0 Å². The molecule has 5 rings (SSSR count). The fourth-order valence-electron chi connectivity index (χ4n) is 4.85. The molecule has 8 heteroatoms. The lowest BCUT2D eigenvalue weighted by Gasteiger charge is -2.40. The van der Waals surface area contributed by atoms with E-state index in [0.717, 1.165) is 49.7 Å². The van der Waals surface area contributed by atoms with Gasteiger partial charge in [-0.15, -0.1) is 5.10 Å². The molecule has 0 N–H and O–H groups in total. The van der Waals surface area contributed by atoms with Gasteiger partial charge in [0.15, 0.2) is 5.82 Å². The van der Waals surface area contributed by atoms with Crippen LogP contribution in [0.3, 0.4) is 0 Å². The van der Waals surface area contributed by atoms with Crippen LogP contribution in [0.4, 0.5) is 15.8 Å². The second-order valence-corrected chi connectivity index (χ2v) is 9.36.